The van der Waals surface area contributed by atoms with E-state index in [1.165, 1.54) is 0 Å². The van der Waals surface area contributed by atoms with Crippen molar-refractivity contribution in [3.63, 3.8) is 0 Å². The van der Waals surface area contributed by atoms with Crippen LogP contribution in [0, 0.1) is 11.6 Å². The van der Waals surface area contributed by atoms with Gasteiger partial charge in [0.1, 0.15) is 17.7 Å². The standard InChI is InChI=1S/C9H11F2NO4S/c1-5(12-17(14,15)16)9(13)8-6(10)3-2-4-7(8)11/h2-5,9,12-13H,1H3,(H,14,15,16)/t5-,9+/m0/s1. The van der Waals surface area contributed by atoms with E-state index in [1.54, 1.807) is 4.72 Å². The summed E-state index contributed by atoms with van der Waals surface area (Å²) in [5, 5.41) is 9.60. The maximum atomic E-state index is 13.3. The van der Waals surface area contributed by atoms with Gasteiger partial charge in [-0.2, -0.15) is 13.1 Å². The van der Waals surface area contributed by atoms with E-state index in [9.17, 15) is 22.3 Å². The molecule has 5 nitrogen and oxygen atoms in total. The summed E-state index contributed by atoms with van der Waals surface area (Å²) in [6.45, 7) is 1.16. The maximum Gasteiger partial charge on any atom is 0.333 e. The summed E-state index contributed by atoms with van der Waals surface area (Å²) < 4.78 is 57.6. The fraction of sp³-hybridized carbons (Fsp3) is 0.333. The van der Waals surface area contributed by atoms with E-state index in [2.05, 4.69) is 0 Å². The van der Waals surface area contributed by atoms with Crippen LogP contribution >= 0.6 is 0 Å². The third-order valence-electron chi connectivity index (χ3n) is 2.10. The second-order valence-corrected chi connectivity index (χ2v) is 4.65. The number of nitrogens with one attached hydrogen (secondary N) is 1. The highest BCUT2D eigenvalue weighted by atomic mass is 32.2. The molecule has 0 saturated heterocycles. The van der Waals surface area contributed by atoms with Crippen LogP contribution in [-0.2, 0) is 10.3 Å². The van der Waals surface area contributed by atoms with Gasteiger partial charge in [-0.3, -0.25) is 4.55 Å². The Bertz CT molecular complexity index is 485. The minimum atomic E-state index is -4.56. The zero-order valence-corrected chi connectivity index (χ0v) is 9.58. The zero-order valence-electron chi connectivity index (χ0n) is 8.76. The molecule has 0 aromatic heterocycles. The van der Waals surface area contributed by atoms with Crippen LogP contribution in [0.2, 0.25) is 0 Å². The average molecular weight is 267 g/mol. The van der Waals surface area contributed by atoms with Gasteiger partial charge in [0.15, 0.2) is 0 Å². The molecule has 0 aliphatic heterocycles. The van der Waals surface area contributed by atoms with E-state index < -0.39 is 39.6 Å². The summed E-state index contributed by atoms with van der Waals surface area (Å²) in [6, 6.07) is 1.70. The fourth-order valence-electron chi connectivity index (χ4n) is 1.34. The van der Waals surface area contributed by atoms with Crippen molar-refractivity contribution >= 4 is 10.3 Å². The second kappa shape index (κ2) is 5.05. The summed E-state index contributed by atoms with van der Waals surface area (Å²) in [4.78, 5) is 0. The van der Waals surface area contributed by atoms with Gasteiger partial charge >= 0.3 is 10.3 Å². The fourth-order valence-corrected chi connectivity index (χ4v) is 1.94. The van der Waals surface area contributed by atoms with Crippen LogP contribution < -0.4 is 4.72 Å². The van der Waals surface area contributed by atoms with Gasteiger partial charge in [-0.05, 0) is 19.1 Å². The third-order valence-corrected chi connectivity index (χ3v) is 2.77. The summed E-state index contributed by atoms with van der Waals surface area (Å²) in [7, 11) is -4.56. The van der Waals surface area contributed by atoms with Crippen molar-refractivity contribution in [3.05, 3.63) is 35.4 Å². The first kappa shape index (κ1) is 14.0. The van der Waals surface area contributed by atoms with Gasteiger partial charge < -0.3 is 5.11 Å². The van der Waals surface area contributed by atoms with Crippen LogP contribution in [-0.4, -0.2) is 24.1 Å². The third kappa shape index (κ3) is 3.70. The Hall–Kier alpha value is -1.09. The van der Waals surface area contributed by atoms with Gasteiger partial charge in [0.2, 0.25) is 0 Å². The highest BCUT2D eigenvalue weighted by Gasteiger charge is 2.25. The Morgan fingerprint density at radius 1 is 1.29 bits per heavy atom. The van der Waals surface area contributed by atoms with E-state index in [0.717, 1.165) is 25.1 Å². The molecule has 1 rings (SSSR count). The number of benzene rings is 1. The molecular weight excluding hydrogens is 256 g/mol. The zero-order chi connectivity index (χ0) is 13.2. The first-order valence-electron chi connectivity index (χ1n) is 4.59. The average Bonchev–Trinajstić information content (AvgIpc) is 2.14. The molecule has 0 unspecified atom stereocenters. The maximum absolute atomic E-state index is 13.3. The molecule has 17 heavy (non-hydrogen) atoms. The van der Waals surface area contributed by atoms with Crippen molar-refractivity contribution in [2.24, 2.45) is 0 Å². The second-order valence-electron chi connectivity index (χ2n) is 3.46. The molecule has 0 spiro atoms. The Balaban J connectivity index is 3.00. The molecule has 0 bridgehead atoms. The van der Waals surface area contributed by atoms with Crippen molar-refractivity contribution in [2.45, 2.75) is 19.1 Å². The van der Waals surface area contributed by atoms with Crippen molar-refractivity contribution in [2.75, 3.05) is 0 Å². The highest BCUT2D eigenvalue weighted by molar-refractivity contribution is 7.83. The van der Waals surface area contributed by atoms with Crippen molar-refractivity contribution in [3.8, 4) is 0 Å². The number of hydrogen-bond donors (Lipinski definition) is 3. The van der Waals surface area contributed by atoms with E-state index in [1.807, 2.05) is 0 Å². The normalized spacial score (nSPS) is 15.6. The lowest BCUT2D eigenvalue weighted by Gasteiger charge is -2.19. The topological polar surface area (TPSA) is 86.6 Å². The molecule has 0 saturated carbocycles. The van der Waals surface area contributed by atoms with E-state index in [0.29, 0.717) is 0 Å². The van der Waals surface area contributed by atoms with Gasteiger partial charge in [0.05, 0.1) is 11.6 Å². The van der Waals surface area contributed by atoms with Crippen molar-refractivity contribution in [1.82, 2.24) is 4.72 Å². The van der Waals surface area contributed by atoms with Gasteiger partial charge in [0, 0.05) is 0 Å². The van der Waals surface area contributed by atoms with Crippen LogP contribution in [0.15, 0.2) is 18.2 Å². The van der Waals surface area contributed by atoms with E-state index >= 15 is 0 Å². The number of hydrogen-bond acceptors (Lipinski definition) is 3. The van der Waals surface area contributed by atoms with Gasteiger partial charge in [-0.15, -0.1) is 0 Å². The summed E-state index contributed by atoms with van der Waals surface area (Å²) >= 11 is 0. The Morgan fingerprint density at radius 3 is 2.18 bits per heavy atom. The first-order valence-corrected chi connectivity index (χ1v) is 6.03. The first-order chi connectivity index (χ1) is 7.72. The van der Waals surface area contributed by atoms with Crippen molar-refractivity contribution < 1.29 is 26.9 Å². The van der Waals surface area contributed by atoms with E-state index in [-0.39, 0.29) is 0 Å². The SMILES string of the molecule is C[C@H](NS(=O)(=O)O)[C@@H](O)c1c(F)cccc1F. The molecule has 96 valence electrons. The molecule has 0 fully saturated rings. The molecule has 1 aromatic rings. The Kier molecular flexibility index (Phi) is 4.15. The lowest BCUT2D eigenvalue weighted by molar-refractivity contribution is 0.136. The quantitative estimate of drug-likeness (QED) is 0.703. The van der Waals surface area contributed by atoms with Crippen LogP contribution in [0.1, 0.15) is 18.6 Å². The molecule has 2 atom stereocenters. The van der Waals surface area contributed by atoms with Crippen LogP contribution in [0.4, 0.5) is 8.78 Å². The highest BCUT2D eigenvalue weighted by Crippen LogP contribution is 2.23. The number of halogens is 2. The number of rotatable bonds is 4. The molecule has 0 aliphatic rings. The smallest absolute Gasteiger partial charge is 0.333 e. The lowest BCUT2D eigenvalue weighted by Crippen LogP contribution is -2.37. The van der Waals surface area contributed by atoms with E-state index in [4.69, 9.17) is 4.55 Å². The molecule has 1 aromatic carbocycles. The molecule has 0 aliphatic carbocycles. The molecule has 0 heterocycles. The largest absolute Gasteiger partial charge is 0.387 e. The monoisotopic (exact) mass is 267 g/mol. The molecule has 0 radical (unpaired) electrons. The molecule has 3 N–H and O–H groups in total. The van der Waals surface area contributed by atoms with Gasteiger partial charge in [0.25, 0.3) is 0 Å². The lowest BCUT2D eigenvalue weighted by atomic mass is 10.0. The molecular formula is C9H11F2NO4S. The molecule has 0 amide bonds. The summed E-state index contributed by atoms with van der Waals surface area (Å²) in [6.07, 6.45) is -1.75. The number of aliphatic hydroxyl groups is 1. The molecule has 8 heteroatoms. The number of aliphatic hydroxyl groups excluding tert-OH is 1. The summed E-state index contributed by atoms with van der Waals surface area (Å²) in [5.74, 6) is -2.00. The Labute approximate surface area is 97.0 Å². The summed E-state index contributed by atoms with van der Waals surface area (Å²) in [5.41, 5.74) is -0.656. The van der Waals surface area contributed by atoms with Crippen LogP contribution in [0.25, 0.3) is 0 Å². The predicted molar refractivity (Wildman–Crippen MR) is 55.5 cm³/mol. The van der Waals surface area contributed by atoms with Crippen LogP contribution in [0.5, 0.6) is 0 Å². The Morgan fingerprint density at radius 2 is 1.76 bits per heavy atom. The van der Waals surface area contributed by atoms with Gasteiger partial charge in [-0.1, -0.05) is 6.07 Å². The van der Waals surface area contributed by atoms with Crippen LogP contribution in [0.3, 0.4) is 0 Å². The van der Waals surface area contributed by atoms with Crippen molar-refractivity contribution in [1.29, 1.82) is 0 Å². The minimum Gasteiger partial charge on any atom is -0.387 e. The predicted octanol–water partition coefficient (Wildman–Crippen LogP) is 0.779. The van der Waals surface area contributed by atoms with Gasteiger partial charge in [-0.25, -0.2) is 8.78 Å². The minimum absolute atomic E-state index is 0.656.